The summed E-state index contributed by atoms with van der Waals surface area (Å²) in [6.45, 7) is 9.24. The second kappa shape index (κ2) is 13.3. The predicted octanol–water partition coefficient (Wildman–Crippen LogP) is 5.59. The third kappa shape index (κ3) is 6.49. The predicted molar refractivity (Wildman–Crippen MR) is 167 cm³/mol. The lowest BCUT2D eigenvalue weighted by atomic mass is 10.1. The number of pyridine rings is 2. The number of piperazine rings is 1. The second-order valence-corrected chi connectivity index (χ2v) is 10.3. The van der Waals surface area contributed by atoms with Crippen LogP contribution in [-0.2, 0) is 13.0 Å². The van der Waals surface area contributed by atoms with Crippen LogP contribution in [-0.4, -0.2) is 71.6 Å². The number of hydrogen-bond acceptors (Lipinski definition) is 5. The summed E-state index contributed by atoms with van der Waals surface area (Å²) in [5.74, 6) is 0. The monoisotopic (exact) mass is 578 g/mol. The van der Waals surface area contributed by atoms with Crippen molar-refractivity contribution in [2.45, 2.75) is 19.9 Å². The van der Waals surface area contributed by atoms with Gasteiger partial charge in [0, 0.05) is 87.2 Å². The number of benzene rings is 2. The smallest absolute Gasteiger partial charge is 0.324 e. The standard InChI is InChI=1S/C31H34N6O.2ClH/c1-24-10-11-28-29(33-24)8-3-9-30(28)35-17-15-34(16-18-35)14-12-25-5-2-7-27(21-25)37-20-19-36(31(37)38)23-26-6-4-13-32-22-26;;/h2-11,13,21-22H,12,14-20,23H2,1H3;2*1H. The van der Waals surface area contributed by atoms with Crippen molar-refractivity contribution in [1.29, 1.82) is 0 Å². The Morgan fingerprint density at radius 2 is 1.62 bits per heavy atom. The van der Waals surface area contributed by atoms with Crippen molar-refractivity contribution in [3.63, 3.8) is 0 Å². The molecule has 0 N–H and O–H groups in total. The molecule has 2 aromatic carbocycles. The first-order valence-electron chi connectivity index (χ1n) is 13.5. The number of rotatable bonds is 7. The van der Waals surface area contributed by atoms with Crippen molar-refractivity contribution in [3.8, 4) is 0 Å². The molecule has 2 fully saturated rings. The van der Waals surface area contributed by atoms with E-state index in [0.717, 1.165) is 68.2 Å². The maximum absolute atomic E-state index is 13.1. The van der Waals surface area contributed by atoms with E-state index in [-0.39, 0.29) is 30.8 Å². The lowest BCUT2D eigenvalue weighted by Gasteiger charge is -2.36. The number of fused-ring (bicyclic) bond motifs is 1. The summed E-state index contributed by atoms with van der Waals surface area (Å²) in [4.78, 5) is 30.8. The van der Waals surface area contributed by atoms with E-state index >= 15 is 0 Å². The van der Waals surface area contributed by atoms with Crippen molar-refractivity contribution in [2.75, 3.05) is 55.6 Å². The number of amides is 2. The van der Waals surface area contributed by atoms with Gasteiger partial charge in [-0.15, -0.1) is 24.8 Å². The Kier molecular flexibility index (Phi) is 9.85. The first-order valence-corrected chi connectivity index (χ1v) is 13.5. The van der Waals surface area contributed by atoms with Crippen LogP contribution < -0.4 is 9.80 Å². The molecule has 0 atom stereocenters. The van der Waals surface area contributed by atoms with Crippen molar-refractivity contribution in [3.05, 3.63) is 95.9 Å². The summed E-state index contributed by atoms with van der Waals surface area (Å²) >= 11 is 0. The van der Waals surface area contributed by atoms with E-state index in [1.807, 2.05) is 41.1 Å². The van der Waals surface area contributed by atoms with Gasteiger partial charge in [-0.25, -0.2) is 4.79 Å². The molecule has 6 rings (SSSR count). The molecule has 40 heavy (non-hydrogen) atoms. The van der Waals surface area contributed by atoms with Crippen LogP contribution in [0.25, 0.3) is 10.9 Å². The Morgan fingerprint density at radius 3 is 2.42 bits per heavy atom. The van der Waals surface area contributed by atoms with Gasteiger partial charge in [0.1, 0.15) is 0 Å². The molecule has 0 spiro atoms. The largest absolute Gasteiger partial charge is 0.368 e. The second-order valence-electron chi connectivity index (χ2n) is 10.3. The Balaban J connectivity index is 0.00000185. The van der Waals surface area contributed by atoms with E-state index in [9.17, 15) is 4.79 Å². The highest BCUT2D eigenvalue weighted by molar-refractivity contribution is 5.94. The third-order valence-electron chi connectivity index (χ3n) is 7.69. The highest BCUT2D eigenvalue weighted by Gasteiger charge is 2.29. The van der Waals surface area contributed by atoms with Crippen molar-refractivity contribution < 1.29 is 4.79 Å². The molecule has 2 amide bonds. The lowest BCUT2D eigenvalue weighted by molar-refractivity contribution is 0.218. The molecule has 0 saturated carbocycles. The van der Waals surface area contributed by atoms with Crippen molar-refractivity contribution >= 4 is 53.1 Å². The van der Waals surface area contributed by atoms with Crippen LogP contribution in [0.1, 0.15) is 16.8 Å². The quantitative estimate of drug-likeness (QED) is 0.286. The van der Waals surface area contributed by atoms with Crippen LogP contribution in [0.5, 0.6) is 0 Å². The molecular formula is C31H36Cl2N6O. The molecule has 2 aliphatic heterocycles. The van der Waals surface area contributed by atoms with E-state index in [1.54, 1.807) is 6.20 Å². The number of anilines is 2. The molecule has 0 radical (unpaired) electrons. The van der Waals surface area contributed by atoms with Gasteiger partial charge >= 0.3 is 6.03 Å². The number of aryl methyl sites for hydroxylation is 1. The molecule has 0 bridgehead atoms. The molecular weight excluding hydrogens is 543 g/mol. The zero-order valence-electron chi connectivity index (χ0n) is 22.8. The van der Waals surface area contributed by atoms with Gasteiger partial charge < -0.3 is 9.80 Å². The molecule has 2 saturated heterocycles. The number of carbonyl (C=O) groups excluding carboxylic acids is 1. The summed E-state index contributed by atoms with van der Waals surface area (Å²) in [5.41, 5.74) is 6.74. The summed E-state index contributed by atoms with van der Waals surface area (Å²) in [6, 6.07) is 23.2. The van der Waals surface area contributed by atoms with E-state index in [2.05, 4.69) is 63.3 Å². The van der Waals surface area contributed by atoms with Crippen molar-refractivity contribution in [1.82, 2.24) is 19.8 Å². The molecule has 2 aromatic heterocycles. The van der Waals surface area contributed by atoms with Crippen LogP contribution in [0.4, 0.5) is 16.2 Å². The fraction of sp³-hybridized carbons (Fsp3) is 0.323. The average molecular weight is 580 g/mol. The third-order valence-corrected chi connectivity index (χ3v) is 7.69. The molecule has 0 unspecified atom stereocenters. The fourth-order valence-electron chi connectivity index (χ4n) is 5.58. The zero-order valence-corrected chi connectivity index (χ0v) is 24.4. The average Bonchev–Trinajstić information content (AvgIpc) is 3.32. The molecule has 2 aliphatic rings. The Bertz CT molecular complexity index is 1430. The summed E-state index contributed by atoms with van der Waals surface area (Å²) < 4.78 is 0. The van der Waals surface area contributed by atoms with Gasteiger partial charge in [0.15, 0.2) is 0 Å². The summed E-state index contributed by atoms with van der Waals surface area (Å²) in [7, 11) is 0. The zero-order chi connectivity index (χ0) is 25.9. The molecule has 4 heterocycles. The van der Waals surface area contributed by atoms with Gasteiger partial charge in [-0.1, -0.05) is 24.3 Å². The van der Waals surface area contributed by atoms with Gasteiger partial charge in [-0.2, -0.15) is 0 Å². The summed E-state index contributed by atoms with van der Waals surface area (Å²) in [6.07, 6.45) is 4.57. The van der Waals surface area contributed by atoms with Gasteiger partial charge in [-0.3, -0.25) is 19.8 Å². The molecule has 9 heteroatoms. The Labute approximate surface area is 248 Å². The SMILES string of the molecule is Cc1ccc2c(N3CCN(CCc4cccc(N5CCN(Cc6cccnc6)C5=O)c4)CC3)cccc2n1.Cl.Cl. The first-order chi connectivity index (χ1) is 18.6. The summed E-state index contributed by atoms with van der Waals surface area (Å²) in [5, 5.41) is 1.24. The van der Waals surface area contributed by atoms with Crippen LogP contribution in [0, 0.1) is 6.92 Å². The molecule has 4 aromatic rings. The van der Waals surface area contributed by atoms with E-state index < -0.39 is 0 Å². The first kappa shape index (κ1) is 29.6. The minimum absolute atomic E-state index is 0. The highest BCUT2D eigenvalue weighted by Crippen LogP contribution is 2.27. The maximum atomic E-state index is 13.1. The number of nitrogens with zero attached hydrogens (tertiary/aromatic N) is 6. The normalized spacial score (nSPS) is 15.7. The molecule has 0 aliphatic carbocycles. The van der Waals surface area contributed by atoms with Gasteiger partial charge in [0.05, 0.1) is 5.52 Å². The maximum Gasteiger partial charge on any atom is 0.324 e. The fourth-order valence-corrected chi connectivity index (χ4v) is 5.58. The number of aromatic nitrogens is 2. The Hall–Kier alpha value is -3.39. The minimum atomic E-state index is 0. The number of urea groups is 1. The van der Waals surface area contributed by atoms with Crippen LogP contribution in [0.15, 0.2) is 79.1 Å². The van der Waals surface area contributed by atoms with Gasteiger partial charge in [-0.05, 0) is 66.9 Å². The lowest BCUT2D eigenvalue weighted by Crippen LogP contribution is -2.47. The van der Waals surface area contributed by atoms with E-state index in [1.165, 1.54) is 16.6 Å². The number of hydrogen-bond donors (Lipinski definition) is 0. The molecule has 210 valence electrons. The topological polar surface area (TPSA) is 55.8 Å². The van der Waals surface area contributed by atoms with E-state index in [4.69, 9.17) is 4.98 Å². The number of halogens is 2. The Morgan fingerprint density at radius 1 is 0.825 bits per heavy atom. The van der Waals surface area contributed by atoms with Crippen LogP contribution in [0.2, 0.25) is 0 Å². The van der Waals surface area contributed by atoms with Gasteiger partial charge in [0.2, 0.25) is 0 Å². The van der Waals surface area contributed by atoms with Gasteiger partial charge in [0.25, 0.3) is 0 Å². The van der Waals surface area contributed by atoms with Crippen LogP contribution in [0.3, 0.4) is 0 Å². The van der Waals surface area contributed by atoms with Crippen LogP contribution >= 0.6 is 24.8 Å². The highest BCUT2D eigenvalue weighted by atomic mass is 35.5. The molecule has 7 nitrogen and oxygen atoms in total. The van der Waals surface area contributed by atoms with Crippen molar-refractivity contribution in [2.24, 2.45) is 0 Å². The number of carbonyl (C=O) groups is 1. The minimum Gasteiger partial charge on any atom is -0.368 e. The van der Waals surface area contributed by atoms with E-state index in [0.29, 0.717) is 13.1 Å².